The molecule has 4 aliphatic carbocycles. The van der Waals surface area contributed by atoms with Crippen molar-refractivity contribution in [3.63, 3.8) is 0 Å². The maximum Gasteiger partial charge on any atom is 0.305 e. The zero-order valence-electron chi connectivity index (χ0n) is 23.7. The Morgan fingerprint density at radius 2 is 1.22 bits per heavy atom. The first-order valence-electron chi connectivity index (χ1n) is 15.2. The van der Waals surface area contributed by atoms with Crippen LogP contribution in [0, 0.1) is 53.3 Å². The summed E-state index contributed by atoms with van der Waals surface area (Å²) in [6.07, 6.45) is 5.55. The Kier molecular flexibility index (Phi) is 8.13. The SMILES string of the molecule is CC1C(C)C2CC1C(c1ccccc1)C2c1ccccc1.CCCC(=O)OCC1CC2CC1C(C)C2C. The Bertz CT molecular complexity index is 959. The van der Waals surface area contributed by atoms with Crippen molar-refractivity contribution in [2.24, 2.45) is 53.3 Å². The van der Waals surface area contributed by atoms with Crippen LogP contribution in [0.15, 0.2) is 60.7 Å². The predicted molar refractivity (Wildman–Crippen MR) is 152 cm³/mol. The monoisotopic (exact) mass is 500 g/mol. The average molecular weight is 501 g/mol. The number of benzene rings is 2. The number of carbonyl (C=O) groups is 1. The predicted octanol–water partition coefficient (Wildman–Crippen LogP) is 8.73. The number of carbonyl (C=O) groups excluding carboxylic acids is 1. The average Bonchev–Trinajstić information content (AvgIpc) is 3.66. The lowest BCUT2D eigenvalue weighted by Gasteiger charge is -2.39. The van der Waals surface area contributed by atoms with Gasteiger partial charge < -0.3 is 4.74 Å². The largest absolute Gasteiger partial charge is 0.465 e. The lowest BCUT2D eigenvalue weighted by atomic mass is 9.65. The van der Waals surface area contributed by atoms with Crippen molar-refractivity contribution in [2.75, 3.05) is 6.61 Å². The molecule has 37 heavy (non-hydrogen) atoms. The number of hydrogen-bond donors (Lipinski definition) is 0. The van der Waals surface area contributed by atoms with E-state index in [0.717, 1.165) is 53.8 Å². The van der Waals surface area contributed by atoms with Gasteiger partial charge in [0.2, 0.25) is 0 Å². The molecule has 4 aliphatic rings. The van der Waals surface area contributed by atoms with E-state index in [4.69, 9.17) is 4.74 Å². The summed E-state index contributed by atoms with van der Waals surface area (Å²) in [6, 6.07) is 22.5. The summed E-state index contributed by atoms with van der Waals surface area (Å²) in [4.78, 5) is 11.3. The smallest absolute Gasteiger partial charge is 0.305 e. The van der Waals surface area contributed by atoms with Crippen LogP contribution < -0.4 is 0 Å². The molecule has 6 rings (SSSR count). The maximum absolute atomic E-state index is 11.3. The van der Waals surface area contributed by atoms with Gasteiger partial charge in [0.1, 0.15) is 0 Å². The van der Waals surface area contributed by atoms with Crippen LogP contribution in [-0.2, 0) is 9.53 Å². The standard InChI is InChI=1S/C21H24.C14H24O2/c1-14-15(2)19-13-18(14)20(16-9-5-3-6-10-16)21(19)17-11-7-4-8-12-17;1-4-5-14(15)16-8-12-6-11-7-13(12)10(3)9(11)2/h3-12,14-15,18-21H,13H2,1-2H3;9-13H,4-8H2,1-3H3. The molecule has 11 atom stereocenters. The Morgan fingerprint density at radius 1 is 0.703 bits per heavy atom. The van der Waals surface area contributed by atoms with E-state index in [9.17, 15) is 4.79 Å². The minimum Gasteiger partial charge on any atom is -0.465 e. The van der Waals surface area contributed by atoms with Crippen LogP contribution in [0.3, 0.4) is 0 Å². The molecule has 0 aliphatic heterocycles. The number of fused-ring (bicyclic) bond motifs is 4. The molecule has 4 bridgehead atoms. The summed E-state index contributed by atoms with van der Waals surface area (Å²) >= 11 is 0. The third kappa shape index (κ3) is 5.15. The molecule has 200 valence electrons. The van der Waals surface area contributed by atoms with E-state index in [1.54, 1.807) is 11.1 Å². The van der Waals surface area contributed by atoms with Gasteiger partial charge in [-0.2, -0.15) is 0 Å². The molecule has 2 aromatic carbocycles. The zero-order chi connectivity index (χ0) is 26.1. The molecule has 0 radical (unpaired) electrons. The first kappa shape index (κ1) is 26.5. The van der Waals surface area contributed by atoms with Crippen LogP contribution >= 0.6 is 0 Å². The molecule has 4 saturated carbocycles. The quantitative estimate of drug-likeness (QED) is 0.371. The molecule has 11 unspecified atom stereocenters. The highest BCUT2D eigenvalue weighted by Crippen LogP contribution is 2.64. The van der Waals surface area contributed by atoms with Crippen molar-refractivity contribution in [1.82, 2.24) is 0 Å². The van der Waals surface area contributed by atoms with E-state index in [1.807, 2.05) is 6.92 Å². The Hall–Kier alpha value is -2.09. The second-order valence-corrected chi connectivity index (χ2v) is 13.0. The van der Waals surface area contributed by atoms with Gasteiger partial charge in [-0.3, -0.25) is 4.79 Å². The van der Waals surface area contributed by atoms with Crippen molar-refractivity contribution < 1.29 is 9.53 Å². The van der Waals surface area contributed by atoms with Gasteiger partial charge in [-0.15, -0.1) is 0 Å². The number of hydrogen-bond acceptors (Lipinski definition) is 2. The number of rotatable bonds is 6. The Balaban J connectivity index is 0.000000158. The highest BCUT2D eigenvalue weighted by Gasteiger charge is 2.55. The maximum atomic E-state index is 11.3. The van der Waals surface area contributed by atoms with Crippen LogP contribution in [0.5, 0.6) is 0 Å². The van der Waals surface area contributed by atoms with E-state index < -0.39 is 0 Å². The van der Waals surface area contributed by atoms with Gasteiger partial charge in [-0.1, -0.05) is 95.3 Å². The Morgan fingerprint density at radius 3 is 1.68 bits per heavy atom. The van der Waals surface area contributed by atoms with Crippen LogP contribution in [-0.4, -0.2) is 12.6 Å². The molecule has 2 heteroatoms. The van der Waals surface area contributed by atoms with E-state index in [2.05, 4.69) is 88.4 Å². The normalized spacial score (nSPS) is 39.3. The third-order valence-electron chi connectivity index (χ3n) is 11.3. The molecule has 2 aromatic rings. The lowest BCUT2D eigenvalue weighted by Crippen LogP contribution is -2.29. The van der Waals surface area contributed by atoms with Gasteiger partial charge in [0.25, 0.3) is 0 Å². The molecular weight excluding hydrogens is 452 g/mol. The highest BCUT2D eigenvalue weighted by molar-refractivity contribution is 5.69. The highest BCUT2D eigenvalue weighted by atomic mass is 16.5. The fraction of sp³-hybridized carbons (Fsp3) is 0.629. The zero-order valence-corrected chi connectivity index (χ0v) is 23.7. The van der Waals surface area contributed by atoms with Crippen molar-refractivity contribution in [1.29, 1.82) is 0 Å². The van der Waals surface area contributed by atoms with Crippen LogP contribution in [0.4, 0.5) is 0 Å². The summed E-state index contributed by atoms with van der Waals surface area (Å²) in [7, 11) is 0. The molecule has 2 nitrogen and oxygen atoms in total. The molecule has 0 amide bonds. The molecule has 0 spiro atoms. The number of esters is 1. The first-order valence-corrected chi connectivity index (χ1v) is 15.2. The molecule has 0 aromatic heterocycles. The minimum atomic E-state index is -0.00836. The minimum absolute atomic E-state index is 0.00836. The Labute approximate surface area is 225 Å². The second-order valence-electron chi connectivity index (χ2n) is 13.0. The van der Waals surface area contributed by atoms with Crippen molar-refractivity contribution in [3.8, 4) is 0 Å². The summed E-state index contributed by atoms with van der Waals surface area (Å²) in [5, 5.41) is 0. The van der Waals surface area contributed by atoms with E-state index in [0.29, 0.717) is 30.8 Å². The van der Waals surface area contributed by atoms with Crippen molar-refractivity contribution in [2.45, 2.75) is 78.6 Å². The summed E-state index contributed by atoms with van der Waals surface area (Å²) in [5.41, 5.74) is 3.11. The molecule has 0 N–H and O–H groups in total. The fourth-order valence-electron chi connectivity index (χ4n) is 9.03. The topological polar surface area (TPSA) is 26.3 Å². The summed E-state index contributed by atoms with van der Waals surface area (Å²) in [5.74, 6) is 8.93. The van der Waals surface area contributed by atoms with Gasteiger partial charge in [0.05, 0.1) is 6.61 Å². The molecule has 0 heterocycles. The summed E-state index contributed by atoms with van der Waals surface area (Å²) < 4.78 is 5.36. The fourth-order valence-corrected chi connectivity index (χ4v) is 9.03. The lowest BCUT2D eigenvalue weighted by molar-refractivity contribution is -0.145. The third-order valence-corrected chi connectivity index (χ3v) is 11.3. The first-order chi connectivity index (χ1) is 17.9. The van der Waals surface area contributed by atoms with E-state index in [-0.39, 0.29) is 5.97 Å². The molecule has 0 saturated heterocycles. The van der Waals surface area contributed by atoms with Gasteiger partial charge in [0.15, 0.2) is 0 Å². The van der Waals surface area contributed by atoms with Crippen molar-refractivity contribution in [3.05, 3.63) is 71.8 Å². The van der Waals surface area contributed by atoms with Gasteiger partial charge in [-0.25, -0.2) is 0 Å². The van der Waals surface area contributed by atoms with Crippen LogP contribution in [0.1, 0.15) is 89.7 Å². The van der Waals surface area contributed by atoms with E-state index in [1.165, 1.54) is 19.3 Å². The number of ether oxygens (including phenoxy) is 1. The van der Waals surface area contributed by atoms with E-state index >= 15 is 0 Å². The van der Waals surface area contributed by atoms with Crippen LogP contribution in [0.2, 0.25) is 0 Å². The second kappa shape index (κ2) is 11.3. The summed E-state index contributed by atoms with van der Waals surface area (Å²) in [6.45, 7) is 12.4. The van der Waals surface area contributed by atoms with Gasteiger partial charge >= 0.3 is 5.97 Å². The molecule has 4 fully saturated rings. The van der Waals surface area contributed by atoms with Gasteiger partial charge in [0, 0.05) is 6.42 Å². The van der Waals surface area contributed by atoms with Gasteiger partial charge in [-0.05, 0) is 102 Å². The van der Waals surface area contributed by atoms with Crippen molar-refractivity contribution >= 4 is 5.97 Å². The molecular formula is C35H48O2. The van der Waals surface area contributed by atoms with Crippen LogP contribution in [0.25, 0.3) is 0 Å².